The summed E-state index contributed by atoms with van der Waals surface area (Å²) in [6.07, 6.45) is 1.32. The molecule has 0 aromatic heterocycles. The molecule has 0 atom stereocenters. The molecule has 10 nitrogen and oxygen atoms in total. The first-order valence-corrected chi connectivity index (χ1v) is 11.7. The Hall–Kier alpha value is -5.35. The first-order valence-electron chi connectivity index (χ1n) is 11.4. The van der Waals surface area contributed by atoms with E-state index in [0.29, 0.717) is 16.1 Å². The van der Waals surface area contributed by atoms with Crippen LogP contribution >= 0.6 is 11.6 Å². The summed E-state index contributed by atoms with van der Waals surface area (Å²) in [5, 5.41) is 17.9. The number of benzene rings is 4. The molecule has 0 aliphatic heterocycles. The van der Waals surface area contributed by atoms with Crippen LogP contribution in [0.4, 0.5) is 11.4 Å². The van der Waals surface area contributed by atoms with E-state index in [1.807, 2.05) is 0 Å². The zero-order valence-corrected chi connectivity index (χ0v) is 20.8. The predicted octanol–water partition coefficient (Wildman–Crippen LogP) is 5.48. The van der Waals surface area contributed by atoms with Crippen molar-refractivity contribution in [2.24, 2.45) is 5.10 Å². The summed E-state index contributed by atoms with van der Waals surface area (Å²) in [5.74, 6) is -1.52. The number of non-ortho nitro benzene ring substituents is 1. The number of nitrogens with zero attached hydrogens (tertiary/aromatic N) is 2. The zero-order chi connectivity index (χ0) is 27.8. The Bertz CT molecular complexity index is 1570. The topological polar surface area (TPSA) is 140 Å². The lowest BCUT2D eigenvalue weighted by Gasteiger charge is -2.10. The highest BCUT2D eigenvalue weighted by molar-refractivity contribution is 6.30. The number of nitrogens with one attached hydrogen (secondary N) is 2. The van der Waals surface area contributed by atoms with E-state index in [9.17, 15) is 24.5 Å². The second kappa shape index (κ2) is 12.3. The van der Waals surface area contributed by atoms with Crippen molar-refractivity contribution in [1.29, 1.82) is 0 Å². The summed E-state index contributed by atoms with van der Waals surface area (Å²) in [7, 11) is 0. The molecule has 2 N–H and O–H groups in total. The molecule has 4 aromatic carbocycles. The van der Waals surface area contributed by atoms with Gasteiger partial charge in [0.25, 0.3) is 17.5 Å². The highest BCUT2D eigenvalue weighted by atomic mass is 35.5. The average molecular weight is 543 g/mol. The number of hydrogen-bond acceptors (Lipinski definition) is 7. The molecule has 0 aliphatic rings. The van der Waals surface area contributed by atoms with Crippen molar-refractivity contribution in [3.8, 4) is 5.75 Å². The second-order valence-electron chi connectivity index (χ2n) is 7.94. The molecule has 4 rings (SSSR count). The number of hydrogen-bond donors (Lipinski definition) is 2. The standard InChI is InChI=1S/C28H19ClN4O6/c29-21-13-9-19(10-14-21)28(36)39-25-8-4-1-5-20(25)17-30-32-27(35)23-6-2-3-7-24(23)31-26(34)18-11-15-22(16-12-18)33(37)38/h1-17H,(H,31,34)(H,32,35)/b30-17-. The summed E-state index contributed by atoms with van der Waals surface area (Å²) in [4.78, 5) is 48.2. The Kier molecular flexibility index (Phi) is 8.40. The predicted molar refractivity (Wildman–Crippen MR) is 145 cm³/mol. The average Bonchev–Trinajstić information content (AvgIpc) is 2.94. The minimum atomic E-state index is -0.610. The fraction of sp³-hybridized carbons (Fsp3) is 0. The third-order valence-corrected chi connectivity index (χ3v) is 5.58. The van der Waals surface area contributed by atoms with E-state index in [1.165, 1.54) is 42.6 Å². The molecule has 0 fully saturated rings. The third-order valence-electron chi connectivity index (χ3n) is 5.33. The minimum Gasteiger partial charge on any atom is -0.422 e. The normalized spacial score (nSPS) is 10.6. The van der Waals surface area contributed by atoms with Gasteiger partial charge in [-0.25, -0.2) is 10.2 Å². The Morgan fingerprint density at radius 1 is 0.821 bits per heavy atom. The van der Waals surface area contributed by atoms with Crippen LogP contribution in [0.3, 0.4) is 0 Å². The monoisotopic (exact) mass is 542 g/mol. The van der Waals surface area contributed by atoms with Gasteiger partial charge in [0, 0.05) is 28.3 Å². The number of esters is 1. The van der Waals surface area contributed by atoms with Crippen molar-refractivity contribution < 1.29 is 24.0 Å². The number of nitro groups is 1. The maximum absolute atomic E-state index is 12.8. The first-order chi connectivity index (χ1) is 18.8. The largest absolute Gasteiger partial charge is 0.422 e. The van der Waals surface area contributed by atoms with Gasteiger partial charge < -0.3 is 10.1 Å². The summed E-state index contributed by atoms with van der Waals surface area (Å²) in [6.45, 7) is 0. The van der Waals surface area contributed by atoms with Crippen LogP contribution in [0.5, 0.6) is 5.75 Å². The molecule has 2 amide bonds. The molecule has 0 radical (unpaired) electrons. The molecule has 39 heavy (non-hydrogen) atoms. The fourth-order valence-electron chi connectivity index (χ4n) is 3.36. The SMILES string of the molecule is O=C(Nc1ccccc1C(=O)N/N=C\c1ccccc1OC(=O)c1ccc(Cl)cc1)c1ccc([N+](=O)[O-])cc1. The molecule has 4 aromatic rings. The Morgan fingerprint density at radius 2 is 1.46 bits per heavy atom. The number of carbonyl (C=O) groups excluding carboxylic acids is 3. The van der Waals surface area contributed by atoms with E-state index >= 15 is 0 Å². The van der Waals surface area contributed by atoms with Crippen LogP contribution in [0.1, 0.15) is 36.6 Å². The lowest BCUT2D eigenvalue weighted by molar-refractivity contribution is -0.384. The van der Waals surface area contributed by atoms with Gasteiger partial charge in [0.1, 0.15) is 5.75 Å². The van der Waals surface area contributed by atoms with Crippen molar-refractivity contribution in [1.82, 2.24) is 5.43 Å². The van der Waals surface area contributed by atoms with Crippen molar-refractivity contribution >= 4 is 47.0 Å². The highest BCUT2D eigenvalue weighted by Gasteiger charge is 2.15. The molecular weight excluding hydrogens is 524 g/mol. The van der Waals surface area contributed by atoms with Gasteiger partial charge in [-0.05, 0) is 60.7 Å². The number of nitro benzene ring substituents is 1. The Morgan fingerprint density at radius 3 is 2.18 bits per heavy atom. The lowest BCUT2D eigenvalue weighted by atomic mass is 10.1. The zero-order valence-electron chi connectivity index (χ0n) is 20.0. The van der Waals surface area contributed by atoms with Gasteiger partial charge in [-0.3, -0.25) is 19.7 Å². The molecule has 0 saturated heterocycles. The van der Waals surface area contributed by atoms with Crippen LogP contribution in [0.2, 0.25) is 5.02 Å². The van der Waals surface area contributed by atoms with Gasteiger partial charge >= 0.3 is 5.97 Å². The molecular formula is C28H19ClN4O6. The third kappa shape index (κ3) is 6.90. The summed E-state index contributed by atoms with van der Waals surface area (Å²) < 4.78 is 5.47. The molecule has 194 valence electrons. The van der Waals surface area contributed by atoms with Crippen LogP contribution < -0.4 is 15.5 Å². The van der Waals surface area contributed by atoms with E-state index in [0.717, 1.165) is 0 Å². The Labute approximate surface area is 227 Å². The number of para-hydroxylation sites is 2. The second-order valence-corrected chi connectivity index (χ2v) is 8.37. The number of rotatable bonds is 8. The van der Waals surface area contributed by atoms with Gasteiger partial charge in [-0.2, -0.15) is 5.10 Å². The molecule has 0 heterocycles. The van der Waals surface area contributed by atoms with Crippen LogP contribution in [-0.2, 0) is 0 Å². The summed E-state index contributed by atoms with van der Waals surface area (Å²) >= 11 is 5.86. The highest BCUT2D eigenvalue weighted by Crippen LogP contribution is 2.20. The molecule has 0 saturated carbocycles. The molecule has 0 aliphatic carbocycles. The van der Waals surface area contributed by atoms with Crippen LogP contribution in [0.15, 0.2) is 102 Å². The lowest BCUT2D eigenvalue weighted by Crippen LogP contribution is -2.21. The number of amides is 2. The number of anilines is 1. The van der Waals surface area contributed by atoms with E-state index in [-0.39, 0.29) is 28.3 Å². The maximum Gasteiger partial charge on any atom is 0.343 e. The van der Waals surface area contributed by atoms with Crippen LogP contribution in [0.25, 0.3) is 0 Å². The Balaban J connectivity index is 1.43. The molecule has 0 bridgehead atoms. The van der Waals surface area contributed by atoms with Crippen molar-refractivity contribution in [3.63, 3.8) is 0 Å². The summed E-state index contributed by atoms with van der Waals surface area (Å²) in [5.41, 5.74) is 3.51. The van der Waals surface area contributed by atoms with E-state index in [4.69, 9.17) is 16.3 Å². The quantitative estimate of drug-likeness (QED) is 0.0992. The molecule has 0 unspecified atom stereocenters. The van der Waals surface area contributed by atoms with E-state index in [2.05, 4.69) is 15.8 Å². The van der Waals surface area contributed by atoms with Crippen molar-refractivity contribution in [3.05, 3.63) is 134 Å². The van der Waals surface area contributed by atoms with Crippen LogP contribution in [0, 0.1) is 10.1 Å². The summed E-state index contributed by atoms with van der Waals surface area (Å²) in [6, 6.07) is 24.2. The van der Waals surface area contributed by atoms with Gasteiger partial charge in [-0.1, -0.05) is 35.9 Å². The van der Waals surface area contributed by atoms with E-state index < -0.39 is 22.7 Å². The fourth-order valence-corrected chi connectivity index (χ4v) is 3.49. The number of ether oxygens (including phenoxy) is 1. The van der Waals surface area contributed by atoms with Crippen molar-refractivity contribution in [2.75, 3.05) is 5.32 Å². The number of hydrazone groups is 1. The van der Waals surface area contributed by atoms with Gasteiger partial charge in [0.15, 0.2) is 0 Å². The molecule has 0 spiro atoms. The van der Waals surface area contributed by atoms with Gasteiger partial charge in [0.2, 0.25) is 0 Å². The number of carbonyl (C=O) groups is 3. The van der Waals surface area contributed by atoms with Gasteiger partial charge in [0.05, 0.1) is 28.0 Å². The number of halogens is 1. The van der Waals surface area contributed by atoms with Crippen LogP contribution in [-0.4, -0.2) is 28.9 Å². The first kappa shape index (κ1) is 26.7. The minimum absolute atomic E-state index is 0.132. The molecule has 11 heteroatoms. The smallest absolute Gasteiger partial charge is 0.343 e. The van der Waals surface area contributed by atoms with Crippen molar-refractivity contribution in [2.45, 2.75) is 0 Å². The van der Waals surface area contributed by atoms with E-state index in [1.54, 1.807) is 60.7 Å². The maximum atomic E-state index is 12.8. The van der Waals surface area contributed by atoms with Gasteiger partial charge in [-0.15, -0.1) is 0 Å².